The van der Waals surface area contributed by atoms with E-state index in [1.165, 1.54) is 5.56 Å². The molecule has 0 unspecified atom stereocenters. The molecule has 5 nitrogen and oxygen atoms in total. The Hall–Kier alpha value is -1.85. The lowest BCUT2D eigenvalue weighted by Gasteiger charge is -2.27. The van der Waals surface area contributed by atoms with Crippen molar-refractivity contribution in [2.75, 3.05) is 43.1 Å². The first kappa shape index (κ1) is 16.0. The molecule has 1 saturated heterocycles. The van der Waals surface area contributed by atoms with E-state index in [9.17, 15) is 0 Å². The summed E-state index contributed by atoms with van der Waals surface area (Å²) in [5.41, 5.74) is 1.35. The van der Waals surface area contributed by atoms with E-state index in [1.807, 2.05) is 6.07 Å². The van der Waals surface area contributed by atoms with Crippen molar-refractivity contribution in [1.82, 2.24) is 9.97 Å². The molecule has 2 heterocycles. The van der Waals surface area contributed by atoms with Gasteiger partial charge in [-0.25, -0.2) is 4.98 Å². The summed E-state index contributed by atoms with van der Waals surface area (Å²) in [6.45, 7) is 3.86. The molecule has 0 atom stereocenters. The third-order valence-corrected chi connectivity index (χ3v) is 3.96. The van der Waals surface area contributed by atoms with Gasteiger partial charge in [-0.05, 0) is 18.4 Å². The van der Waals surface area contributed by atoms with Gasteiger partial charge in [0.15, 0.2) is 0 Å². The number of nitrogens with zero attached hydrogens (tertiary/aromatic N) is 3. The van der Waals surface area contributed by atoms with Gasteiger partial charge in [0.2, 0.25) is 5.95 Å². The van der Waals surface area contributed by atoms with E-state index in [2.05, 4.69) is 44.5 Å². The van der Waals surface area contributed by atoms with Gasteiger partial charge in [-0.15, -0.1) is 0 Å². The van der Waals surface area contributed by atoms with Gasteiger partial charge in [-0.1, -0.05) is 41.9 Å². The van der Waals surface area contributed by atoms with E-state index in [0.717, 1.165) is 38.3 Å². The minimum atomic E-state index is 0.465. The molecule has 0 saturated carbocycles. The zero-order chi connectivity index (χ0) is 15.9. The van der Waals surface area contributed by atoms with Crippen molar-refractivity contribution >= 4 is 23.4 Å². The normalized spacial score (nSPS) is 14.7. The molecule has 1 aromatic heterocycles. The number of anilines is 2. The summed E-state index contributed by atoms with van der Waals surface area (Å²) in [6, 6.07) is 12.3. The number of morpholine rings is 1. The second kappa shape index (κ2) is 8.13. The molecule has 0 radical (unpaired) electrons. The minimum Gasteiger partial charge on any atom is -0.378 e. The van der Waals surface area contributed by atoms with E-state index < -0.39 is 0 Å². The van der Waals surface area contributed by atoms with Crippen molar-refractivity contribution < 1.29 is 4.74 Å². The minimum absolute atomic E-state index is 0.465. The highest BCUT2D eigenvalue weighted by Gasteiger charge is 2.15. The van der Waals surface area contributed by atoms with E-state index >= 15 is 0 Å². The second-order valence-corrected chi connectivity index (χ2v) is 5.88. The number of ether oxygens (including phenoxy) is 1. The average Bonchev–Trinajstić information content (AvgIpc) is 2.60. The van der Waals surface area contributed by atoms with Crippen LogP contribution in [0.3, 0.4) is 0 Å². The van der Waals surface area contributed by atoms with Gasteiger partial charge >= 0.3 is 0 Å². The molecule has 0 bridgehead atoms. The van der Waals surface area contributed by atoms with Crippen LogP contribution in [0.2, 0.25) is 5.15 Å². The van der Waals surface area contributed by atoms with Crippen LogP contribution in [0.4, 0.5) is 11.8 Å². The number of aromatic nitrogens is 2. The van der Waals surface area contributed by atoms with Crippen molar-refractivity contribution in [2.45, 2.75) is 12.8 Å². The number of benzene rings is 1. The lowest BCUT2D eigenvalue weighted by molar-refractivity contribution is 0.122. The van der Waals surface area contributed by atoms with Crippen LogP contribution in [0.5, 0.6) is 0 Å². The first-order chi connectivity index (χ1) is 11.3. The maximum absolute atomic E-state index is 6.13. The Morgan fingerprint density at radius 1 is 1.13 bits per heavy atom. The van der Waals surface area contributed by atoms with Crippen molar-refractivity contribution in [3.8, 4) is 0 Å². The molecule has 1 aliphatic rings. The summed E-state index contributed by atoms with van der Waals surface area (Å²) in [6.07, 6.45) is 2.08. The molecule has 1 N–H and O–H groups in total. The molecular formula is C17H21ClN4O. The highest BCUT2D eigenvalue weighted by atomic mass is 35.5. The van der Waals surface area contributed by atoms with Gasteiger partial charge < -0.3 is 15.0 Å². The van der Waals surface area contributed by atoms with E-state index in [-0.39, 0.29) is 0 Å². The van der Waals surface area contributed by atoms with Gasteiger partial charge in [0, 0.05) is 25.7 Å². The van der Waals surface area contributed by atoms with Gasteiger partial charge in [-0.3, -0.25) is 0 Å². The third-order valence-electron chi connectivity index (χ3n) is 3.77. The second-order valence-electron chi connectivity index (χ2n) is 5.49. The molecule has 1 fully saturated rings. The van der Waals surface area contributed by atoms with Crippen molar-refractivity contribution in [3.63, 3.8) is 0 Å². The smallest absolute Gasteiger partial charge is 0.228 e. The predicted molar refractivity (Wildman–Crippen MR) is 93.3 cm³/mol. The topological polar surface area (TPSA) is 50.3 Å². The van der Waals surface area contributed by atoms with Crippen LogP contribution in [0.25, 0.3) is 0 Å². The Bertz CT molecular complexity index is 617. The van der Waals surface area contributed by atoms with E-state index in [0.29, 0.717) is 24.3 Å². The van der Waals surface area contributed by atoms with Gasteiger partial charge in [0.1, 0.15) is 11.0 Å². The zero-order valence-electron chi connectivity index (χ0n) is 13.0. The molecule has 2 aromatic rings. The molecule has 6 heteroatoms. The molecule has 0 amide bonds. The first-order valence-corrected chi connectivity index (χ1v) is 8.34. The number of hydrogen-bond acceptors (Lipinski definition) is 5. The van der Waals surface area contributed by atoms with Crippen LogP contribution in [-0.4, -0.2) is 42.8 Å². The van der Waals surface area contributed by atoms with Gasteiger partial charge in [0.25, 0.3) is 0 Å². The Balaban J connectivity index is 1.54. The Labute approximate surface area is 141 Å². The van der Waals surface area contributed by atoms with Gasteiger partial charge in [0.05, 0.1) is 13.2 Å². The average molecular weight is 333 g/mol. The largest absolute Gasteiger partial charge is 0.378 e. The SMILES string of the molecule is Clc1cc(NCCCc2ccccc2)nc(N2CCOCC2)n1. The van der Waals surface area contributed by atoms with Crippen LogP contribution >= 0.6 is 11.6 Å². The maximum Gasteiger partial charge on any atom is 0.228 e. The molecule has 0 aliphatic carbocycles. The fourth-order valence-corrected chi connectivity index (χ4v) is 2.73. The van der Waals surface area contributed by atoms with Crippen LogP contribution in [0.1, 0.15) is 12.0 Å². The third kappa shape index (κ3) is 4.81. The number of aryl methyl sites for hydroxylation is 1. The highest BCUT2D eigenvalue weighted by molar-refractivity contribution is 6.29. The summed E-state index contributed by atoms with van der Waals surface area (Å²) in [4.78, 5) is 11.0. The fourth-order valence-electron chi connectivity index (χ4n) is 2.55. The fraction of sp³-hybridized carbons (Fsp3) is 0.412. The number of nitrogens with one attached hydrogen (secondary N) is 1. The van der Waals surface area contributed by atoms with Crippen LogP contribution < -0.4 is 10.2 Å². The van der Waals surface area contributed by atoms with Crippen molar-refractivity contribution in [1.29, 1.82) is 0 Å². The molecule has 23 heavy (non-hydrogen) atoms. The van der Waals surface area contributed by atoms with Gasteiger partial charge in [-0.2, -0.15) is 4.98 Å². The Morgan fingerprint density at radius 3 is 2.70 bits per heavy atom. The molecule has 0 spiro atoms. The zero-order valence-corrected chi connectivity index (χ0v) is 13.8. The molecule has 1 aliphatic heterocycles. The van der Waals surface area contributed by atoms with Crippen LogP contribution in [-0.2, 0) is 11.2 Å². The van der Waals surface area contributed by atoms with E-state index in [4.69, 9.17) is 16.3 Å². The summed E-state index contributed by atoms with van der Waals surface area (Å²) < 4.78 is 5.36. The summed E-state index contributed by atoms with van der Waals surface area (Å²) in [5, 5.41) is 3.81. The van der Waals surface area contributed by atoms with Crippen molar-refractivity contribution in [3.05, 3.63) is 47.1 Å². The lowest BCUT2D eigenvalue weighted by Crippen LogP contribution is -2.37. The Morgan fingerprint density at radius 2 is 1.91 bits per heavy atom. The summed E-state index contributed by atoms with van der Waals surface area (Å²) in [5.74, 6) is 1.45. The molecular weight excluding hydrogens is 312 g/mol. The molecule has 3 rings (SSSR count). The summed E-state index contributed by atoms with van der Waals surface area (Å²) in [7, 11) is 0. The number of hydrogen-bond donors (Lipinski definition) is 1. The quantitative estimate of drug-likeness (QED) is 0.651. The Kier molecular flexibility index (Phi) is 5.66. The summed E-state index contributed by atoms with van der Waals surface area (Å²) >= 11 is 6.13. The van der Waals surface area contributed by atoms with Crippen LogP contribution in [0.15, 0.2) is 36.4 Å². The standard InChI is InChI=1S/C17H21ClN4O/c18-15-13-16(19-8-4-7-14-5-2-1-3-6-14)21-17(20-15)22-9-11-23-12-10-22/h1-3,5-6,13H,4,7-12H2,(H,19,20,21). The predicted octanol–water partition coefficient (Wildman–Crippen LogP) is 3.01. The highest BCUT2D eigenvalue weighted by Crippen LogP contribution is 2.18. The van der Waals surface area contributed by atoms with E-state index in [1.54, 1.807) is 6.07 Å². The first-order valence-electron chi connectivity index (χ1n) is 7.96. The van der Waals surface area contributed by atoms with Crippen LogP contribution in [0, 0.1) is 0 Å². The van der Waals surface area contributed by atoms with Crippen molar-refractivity contribution in [2.24, 2.45) is 0 Å². The lowest BCUT2D eigenvalue weighted by atomic mass is 10.1. The monoisotopic (exact) mass is 332 g/mol. The number of halogens is 1. The number of rotatable bonds is 6. The molecule has 1 aromatic carbocycles. The molecule has 122 valence electrons. The maximum atomic E-state index is 6.13.